The molecule has 0 bridgehead atoms. The van der Waals surface area contributed by atoms with Gasteiger partial charge in [-0.15, -0.1) is 0 Å². The molecule has 220 valence electrons. The summed E-state index contributed by atoms with van der Waals surface area (Å²) in [5, 5.41) is 29.4. The molecule has 0 spiro atoms. The van der Waals surface area contributed by atoms with Crippen molar-refractivity contribution >= 4 is 35.3 Å². The quantitative estimate of drug-likeness (QED) is 0.169. The van der Waals surface area contributed by atoms with Crippen LogP contribution in [-0.2, 0) is 32.0 Å². The molecule has 0 aliphatic heterocycles. The fraction of sp³-hybridized carbons (Fsp3) is 0.258. The maximum absolute atomic E-state index is 13.2. The van der Waals surface area contributed by atoms with Gasteiger partial charge in [-0.1, -0.05) is 60.7 Å². The van der Waals surface area contributed by atoms with E-state index in [1.165, 1.54) is 38.1 Å². The largest absolute Gasteiger partial charge is 0.480 e. The summed E-state index contributed by atoms with van der Waals surface area (Å²) < 4.78 is 0. The van der Waals surface area contributed by atoms with Crippen LogP contribution in [0.15, 0.2) is 84.9 Å². The van der Waals surface area contributed by atoms with Crippen molar-refractivity contribution < 1.29 is 34.2 Å². The van der Waals surface area contributed by atoms with Gasteiger partial charge in [0.2, 0.25) is 17.7 Å². The monoisotopic (exact) mass is 574 g/mol. The molecule has 1 unspecified atom stereocenters. The Morgan fingerprint density at radius 2 is 1.17 bits per heavy atom. The van der Waals surface area contributed by atoms with Crippen molar-refractivity contribution in [2.24, 2.45) is 0 Å². The van der Waals surface area contributed by atoms with Crippen LogP contribution >= 0.6 is 0 Å². The number of hydrogen-bond acceptors (Lipinski definition) is 7. The van der Waals surface area contributed by atoms with Crippen LogP contribution in [0.5, 0.6) is 0 Å². The highest BCUT2D eigenvalue weighted by atomic mass is 16.4. The second-order valence-electron chi connectivity index (χ2n) is 9.82. The van der Waals surface area contributed by atoms with Gasteiger partial charge in [-0.25, -0.2) is 4.79 Å². The second-order valence-corrected chi connectivity index (χ2v) is 9.82. The molecule has 4 atom stereocenters. The van der Waals surface area contributed by atoms with Crippen LogP contribution in [0, 0.1) is 0 Å². The van der Waals surface area contributed by atoms with Crippen molar-refractivity contribution in [2.45, 2.75) is 50.9 Å². The van der Waals surface area contributed by atoms with Crippen LogP contribution in [-0.4, -0.2) is 64.0 Å². The van der Waals surface area contributed by atoms with Crippen molar-refractivity contribution in [3.63, 3.8) is 0 Å². The predicted octanol–water partition coefficient (Wildman–Crippen LogP) is 2.23. The van der Waals surface area contributed by atoms with Crippen molar-refractivity contribution in [1.82, 2.24) is 16.0 Å². The molecular formula is C31H34N4O7. The molecule has 0 saturated heterocycles. The molecule has 3 rings (SSSR count). The Balaban J connectivity index is 1.61. The summed E-state index contributed by atoms with van der Waals surface area (Å²) >= 11 is 0. The molecule has 0 aliphatic carbocycles. The Labute approximate surface area is 243 Å². The van der Waals surface area contributed by atoms with E-state index in [0.29, 0.717) is 5.69 Å². The Morgan fingerprint density at radius 1 is 0.643 bits per heavy atom. The molecule has 0 radical (unpaired) electrons. The Bertz CT molecular complexity index is 1380. The number of aliphatic carboxylic acids is 1. The van der Waals surface area contributed by atoms with E-state index in [4.69, 9.17) is 5.11 Å². The molecular weight excluding hydrogens is 540 g/mol. The van der Waals surface area contributed by atoms with Crippen LogP contribution in [0.4, 0.5) is 5.69 Å². The highest BCUT2D eigenvalue weighted by Crippen LogP contribution is 2.14. The summed E-state index contributed by atoms with van der Waals surface area (Å²) in [5.74, 6) is -4.21. The molecule has 0 fully saturated rings. The lowest BCUT2D eigenvalue weighted by Gasteiger charge is -2.23. The minimum Gasteiger partial charge on any atom is -0.480 e. The molecule has 0 aliphatic rings. The molecule has 3 amide bonds. The third-order valence-electron chi connectivity index (χ3n) is 6.50. The van der Waals surface area contributed by atoms with Crippen molar-refractivity contribution in [2.75, 3.05) is 5.32 Å². The van der Waals surface area contributed by atoms with E-state index in [2.05, 4.69) is 21.3 Å². The SMILES string of the molecule is C[C@H](NC(=O)[C@H](C)NC(Cc1ccccc1)C(=O)O)C(=O)NC(=O)[C@H](Cc1ccccc1)Nc1ccc(C(=O)O)cc1. The number of carbonyl (C=O) groups is 5. The Kier molecular flexibility index (Phi) is 11.3. The molecule has 11 nitrogen and oxygen atoms in total. The fourth-order valence-corrected chi connectivity index (χ4v) is 4.13. The van der Waals surface area contributed by atoms with Gasteiger partial charge in [0.05, 0.1) is 11.6 Å². The first-order valence-corrected chi connectivity index (χ1v) is 13.3. The summed E-state index contributed by atoms with van der Waals surface area (Å²) in [6.45, 7) is 2.90. The topological polar surface area (TPSA) is 174 Å². The van der Waals surface area contributed by atoms with Gasteiger partial charge in [0.25, 0.3) is 0 Å². The molecule has 6 N–H and O–H groups in total. The number of aromatic carboxylic acids is 1. The number of benzene rings is 3. The van der Waals surface area contributed by atoms with E-state index in [1.54, 1.807) is 24.3 Å². The van der Waals surface area contributed by atoms with Crippen LogP contribution in [0.1, 0.15) is 35.3 Å². The zero-order chi connectivity index (χ0) is 30.6. The van der Waals surface area contributed by atoms with Gasteiger partial charge in [0.15, 0.2) is 0 Å². The normalized spacial score (nSPS) is 13.6. The third-order valence-corrected chi connectivity index (χ3v) is 6.50. The molecule has 0 saturated carbocycles. The lowest BCUT2D eigenvalue weighted by molar-refractivity contribution is -0.140. The predicted molar refractivity (Wildman–Crippen MR) is 156 cm³/mol. The summed E-state index contributed by atoms with van der Waals surface area (Å²) in [7, 11) is 0. The van der Waals surface area contributed by atoms with E-state index in [1.807, 2.05) is 36.4 Å². The number of nitrogens with one attached hydrogen (secondary N) is 4. The molecule has 0 heterocycles. The van der Waals surface area contributed by atoms with E-state index in [-0.39, 0.29) is 18.4 Å². The molecule has 0 aromatic heterocycles. The molecule has 3 aromatic rings. The minimum atomic E-state index is -1.12. The standard InChI is InChI=1S/C31H34N4O7/c1-19(32-26(31(41)42)18-22-11-7-4-8-12-22)27(36)33-20(2)28(37)35-29(38)25(17-21-9-5-3-6-10-21)34-24-15-13-23(14-16-24)30(39)40/h3-16,19-20,25-26,32,34H,17-18H2,1-2H3,(H,33,36)(H,39,40)(H,41,42)(H,35,37,38)/t19-,20-,25-,26?/m0/s1. The number of rotatable bonds is 14. The highest BCUT2D eigenvalue weighted by molar-refractivity contribution is 6.02. The van der Waals surface area contributed by atoms with Gasteiger partial charge < -0.3 is 20.8 Å². The smallest absolute Gasteiger partial charge is 0.335 e. The van der Waals surface area contributed by atoms with Crippen molar-refractivity contribution in [3.05, 3.63) is 102 Å². The van der Waals surface area contributed by atoms with E-state index in [0.717, 1.165) is 11.1 Å². The number of carboxylic acids is 2. The van der Waals surface area contributed by atoms with Crippen LogP contribution in [0.25, 0.3) is 0 Å². The molecule has 42 heavy (non-hydrogen) atoms. The third kappa shape index (κ3) is 9.56. The lowest BCUT2D eigenvalue weighted by atomic mass is 10.0. The number of anilines is 1. The molecule has 11 heteroatoms. The number of carbonyl (C=O) groups excluding carboxylic acids is 3. The zero-order valence-electron chi connectivity index (χ0n) is 23.2. The fourth-order valence-electron chi connectivity index (χ4n) is 4.13. The van der Waals surface area contributed by atoms with Gasteiger partial charge in [0, 0.05) is 12.1 Å². The zero-order valence-corrected chi connectivity index (χ0v) is 23.2. The van der Waals surface area contributed by atoms with E-state index >= 15 is 0 Å². The maximum atomic E-state index is 13.2. The van der Waals surface area contributed by atoms with Gasteiger partial charge in [0.1, 0.15) is 18.1 Å². The number of hydrogen-bond donors (Lipinski definition) is 6. The van der Waals surface area contributed by atoms with Gasteiger partial charge in [-0.2, -0.15) is 0 Å². The van der Waals surface area contributed by atoms with Crippen molar-refractivity contribution in [1.29, 1.82) is 0 Å². The number of amides is 3. The first-order valence-electron chi connectivity index (χ1n) is 13.3. The first kappa shape index (κ1) is 31.5. The summed E-state index contributed by atoms with van der Waals surface area (Å²) in [4.78, 5) is 61.7. The minimum absolute atomic E-state index is 0.0859. The van der Waals surface area contributed by atoms with Crippen LogP contribution < -0.4 is 21.3 Å². The average Bonchev–Trinajstić information content (AvgIpc) is 2.97. The second kappa shape index (κ2) is 15.1. The van der Waals surface area contributed by atoms with E-state index in [9.17, 15) is 29.1 Å². The number of imide groups is 1. The summed E-state index contributed by atoms with van der Waals surface area (Å²) in [6, 6.07) is 20.0. The molecule has 3 aromatic carbocycles. The van der Waals surface area contributed by atoms with Crippen LogP contribution in [0.2, 0.25) is 0 Å². The number of carboxylic acid groups (broad SMARTS) is 2. The highest BCUT2D eigenvalue weighted by Gasteiger charge is 2.27. The lowest BCUT2D eigenvalue weighted by Crippen LogP contribution is -2.55. The first-order chi connectivity index (χ1) is 20.0. The van der Waals surface area contributed by atoms with Gasteiger partial charge >= 0.3 is 11.9 Å². The summed E-state index contributed by atoms with van der Waals surface area (Å²) in [5.41, 5.74) is 2.17. The average molecular weight is 575 g/mol. The van der Waals surface area contributed by atoms with Crippen LogP contribution in [0.3, 0.4) is 0 Å². The van der Waals surface area contributed by atoms with Gasteiger partial charge in [-0.3, -0.25) is 29.8 Å². The maximum Gasteiger partial charge on any atom is 0.335 e. The Hall–Kier alpha value is -5.03. The van der Waals surface area contributed by atoms with Crippen molar-refractivity contribution in [3.8, 4) is 0 Å². The van der Waals surface area contributed by atoms with Gasteiger partial charge in [-0.05, 0) is 55.7 Å². The Morgan fingerprint density at radius 3 is 1.67 bits per heavy atom. The van der Waals surface area contributed by atoms with E-state index < -0.39 is 53.8 Å². The summed E-state index contributed by atoms with van der Waals surface area (Å²) in [6.07, 6.45) is 0.382.